The first kappa shape index (κ1) is 5.98. The van der Waals surface area contributed by atoms with Crippen molar-refractivity contribution in [1.82, 2.24) is 5.32 Å². The van der Waals surface area contributed by atoms with Crippen LogP contribution in [0.1, 0.15) is 6.42 Å². The van der Waals surface area contributed by atoms with E-state index in [1.165, 1.54) is 0 Å². The minimum absolute atomic E-state index is 0.403. The van der Waals surface area contributed by atoms with Gasteiger partial charge in [0, 0.05) is 6.54 Å². The highest BCUT2D eigenvalue weighted by molar-refractivity contribution is 4.91. The Kier molecular flexibility index (Phi) is 1.49. The molecule has 0 spiro atoms. The van der Waals surface area contributed by atoms with E-state index in [4.69, 9.17) is 5.73 Å². The Bertz CT molecular complexity index is 78.5. The van der Waals surface area contributed by atoms with Crippen molar-refractivity contribution in [2.45, 2.75) is 12.0 Å². The molecule has 3 heteroatoms. The fraction of sp³-hybridized carbons (Fsp3) is 1.00. The Morgan fingerprint density at radius 2 is 2.50 bits per heavy atom. The van der Waals surface area contributed by atoms with E-state index in [0.29, 0.717) is 6.54 Å². The maximum absolute atomic E-state index is 11.9. The van der Waals surface area contributed by atoms with Crippen LogP contribution in [-0.4, -0.2) is 25.3 Å². The lowest BCUT2D eigenvalue weighted by atomic mass is 10.0. The van der Waals surface area contributed by atoms with Gasteiger partial charge in [-0.1, -0.05) is 0 Å². The van der Waals surface area contributed by atoms with Gasteiger partial charge in [-0.15, -0.1) is 0 Å². The molecule has 1 aliphatic rings. The summed E-state index contributed by atoms with van der Waals surface area (Å²) in [6.07, 6.45) is 0.767. The van der Waals surface area contributed by atoms with Crippen LogP contribution in [0.3, 0.4) is 0 Å². The lowest BCUT2D eigenvalue weighted by Gasteiger charge is -2.16. The zero-order valence-corrected chi connectivity index (χ0v) is 4.78. The molecule has 1 fully saturated rings. The molecule has 0 aromatic carbocycles. The third-order valence-corrected chi connectivity index (χ3v) is 1.54. The molecule has 1 aliphatic heterocycles. The molecular formula is C5H11FN2. The van der Waals surface area contributed by atoms with Crippen LogP contribution in [0.2, 0.25) is 0 Å². The van der Waals surface area contributed by atoms with Gasteiger partial charge in [0.2, 0.25) is 0 Å². The smallest absolute Gasteiger partial charge is 0.109 e. The van der Waals surface area contributed by atoms with E-state index in [1.54, 1.807) is 0 Å². The molecule has 1 heterocycles. The quantitative estimate of drug-likeness (QED) is 0.493. The molecule has 0 bridgehead atoms. The van der Waals surface area contributed by atoms with E-state index >= 15 is 0 Å². The first-order valence-corrected chi connectivity index (χ1v) is 2.82. The highest BCUT2D eigenvalue weighted by atomic mass is 19.1. The van der Waals surface area contributed by atoms with E-state index < -0.39 is 12.2 Å². The number of rotatable bonds is 1. The van der Waals surface area contributed by atoms with Gasteiger partial charge in [-0.25, -0.2) is 4.39 Å². The Morgan fingerprint density at radius 1 is 1.75 bits per heavy atom. The molecule has 1 atom stereocenters. The van der Waals surface area contributed by atoms with Gasteiger partial charge in [0.15, 0.2) is 0 Å². The van der Waals surface area contributed by atoms with Gasteiger partial charge in [0.05, 0.1) is 5.54 Å². The Hall–Kier alpha value is -0.150. The molecule has 48 valence electrons. The molecule has 1 saturated heterocycles. The standard InChI is InChI=1S/C5H11FN2/c6-3-5(7)1-2-8-4-5/h8H,1-4,7H2/t5-/m1/s1. The highest BCUT2D eigenvalue weighted by Gasteiger charge is 2.28. The number of nitrogens with one attached hydrogen (secondary N) is 1. The zero-order chi connectivity index (χ0) is 6.04. The minimum Gasteiger partial charge on any atom is -0.322 e. The predicted molar refractivity (Wildman–Crippen MR) is 30.4 cm³/mol. The first-order valence-electron chi connectivity index (χ1n) is 2.82. The van der Waals surface area contributed by atoms with Crippen molar-refractivity contribution < 1.29 is 4.39 Å². The van der Waals surface area contributed by atoms with Crippen molar-refractivity contribution in [1.29, 1.82) is 0 Å². The summed E-state index contributed by atoms with van der Waals surface area (Å²) in [6, 6.07) is 0. The second-order valence-electron chi connectivity index (χ2n) is 2.42. The van der Waals surface area contributed by atoms with E-state index in [0.717, 1.165) is 13.0 Å². The van der Waals surface area contributed by atoms with Crippen molar-refractivity contribution in [2.24, 2.45) is 5.73 Å². The predicted octanol–water partition coefficient (Wildman–Crippen LogP) is -0.353. The Balaban J connectivity index is 2.40. The van der Waals surface area contributed by atoms with Crippen molar-refractivity contribution in [3.05, 3.63) is 0 Å². The molecule has 8 heavy (non-hydrogen) atoms. The number of nitrogens with two attached hydrogens (primary N) is 1. The average molecular weight is 118 g/mol. The van der Waals surface area contributed by atoms with Gasteiger partial charge in [0.1, 0.15) is 6.67 Å². The van der Waals surface area contributed by atoms with E-state index in [-0.39, 0.29) is 0 Å². The van der Waals surface area contributed by atoms with Gasteiger partial charge >= 0.3 is 0 Å². The van der Waals surface area contributed by atoms with E-state index in [9.17, 15) is 4.39 Å². The summed E-state index contributed by atoms with van der Waals surface area (Å²) < 4.78 is 11.9. The van der Waals surface area contributed by atoms with Crippen molar-refractivity contribution in [3.63, 3.8) is 0 Å². The summed E-state index contributed by atoms with van der Waals surface area (Å²) in [5.41, 5.74) is 4.98. The maximum atomic E-state index is 11.9. The second-order valence-corrected chi connectivity index (χ2v) is 2.42. The number of hydrogen-bond donors (Lipinski definition) is 2. The summed E-state index contributed by atoms with van der Waals surface area (Å²) in [5.74, 6) is 0. The molecule has 0 unspecified atom stereocenters. The van der Waals surface area contributed by atoms with E-state index in [1.807, 2.05) is 0 Å². The average Bonchev–Trinajstić information content (AvgIpc) is 2.17. The van der Waals surface area contributed by atoms with Gasteiger partial charge in [-0.05, 0) is 13.0 Å². The fourth-order valence-electron chi connectivity index (χ4n) is 0.877. The molecule has 3 N–H and O–H groups in total. The van der Waals surface area contributed by atoms with Crippen LogP contribution in [0.15, 0.2) is 0 Å². The Morgan fingerprint density at radius 3 is 2.75 bits per heavy atom. The van der Waals surface area contributed by atoms with Crippen LogP contribution in [0.4, 0.5) is 4.39 Å². The monoisotopic (exact) mass is 118 g/mol. The maximum Gasteiger partial charge on any atom is 0.109 e. The van der Waals surface area contributed by atoms with Crippen LogP contribution in [0.25, 0.3) is 0 Å². The number of alkyl halides is 1. The van der Waals surface area contributed by atoms with Crippen LogP contribution in [0.5, 0.6) is 0 Å². The van der Waals surface area contributed by atoms with Crippen LogP contribution >= 0.6 is 0 Å². The van der Waals surface area contributed by atoms with Gasteiger partial charge < -0.3 is 11.1 Å². The van der Waals surface area contributed by atoms with Gasteiger partial charge in [-0.3, -0.25) is 0 Å². The summed E-state index contributed by atoms with van der Waals surface area (Å²) >= 11 is 0. The third kappa shape index (κ3) is 0.980. The normalized spacial score (nSPS) is 38.2. The molecular weight excluding hydrogens is 107 g/mol. The zero-order valence-electron chi connectivity index (χ0n) is 4.78. The topological polar surface area (TPSA) is 38.0 Å². The molecule has 1 rings (SSSR count). The highest BCUT2D eigenvalue weighted by Crippen LogP contribution is 2.10. The van der Waals surface area contributed by atoms with Crippen molar-refractivity contribution in [3.8, 4) is 0 Å². The summed E-state index contributed by atoms with van der Waals surface area (Å²) in [5, 5.41) is 3.00. The molecule has 0 aliphatic carbocycles. The van der Waals surface area contributed by atoms with Crippen LogP contribution in [-0.2, 0) is 0 Å². The SMILES string of the molecule is N[C@@]1(CF)CCNC1. The van der Waals surface area contributed by atoms with Gasteiger partial charge in [-0.2, -0.15) is 0 Å². The van der Waals surface area contributed by atoms with Crippen molar-refractivity contribution >= 4 is 0 Å². The molecule has 0 radical (unpaired) electrons. The molecule has 2 nitrogen and oxygen atoms in total. The summed E-state index contributed by atoms with van der Waals surface area (Å²) in [7, 11) is 0. The lowest BCUT2D eigenvalue weighted by Crippen LogP contribution is -2.43. The second kappa shape index (κ2) is 1.99. The molecule has 0 amide bonds. The lowest BCUT2D eigenvalue weighted by molar-refractivity contribution is 0.328. The number of hydrogen-bond acceptors (Lipinski definition) is 2. The third-order valence-electron chi connectivity index (χ3n) is 1.54. The van der Waals surface area contributed by atoms with Crippen LogP contribution < -0.4 is 11.1 Å². The Labute approximate surface area is 48.2 Å². The van der Waals surface area contributed by atoms with Gasteiger partial charge in [0.25, 0.3) is 0 Å². The minimum atomic E-state index is -0.542. The fourth-order valence-corrected chi connectivity index (χ4v) is 0.877. The largest absolute Gasteiger partial charge is 0.322 e. The molecule has 0 aromatic heterocycles. The van der Waals surface area contributed by atoms with E-state index in [2.05, 4.69) is 5.32 Å². The molecule has 0 aromatic rings. The van der Waals surface area contributed by atoms with Crippen LogP contribution in [0, 0.1) is 0 Å². The molecule has 0 saturated carbocycles. The summed E-state index contributed by atoms with van der Waals surface area (Å²) in [6.45, 7) is 1.09. The summed E-state index contributed by atoms with van der Waals surface area (Å²) in [4.78, 5) is 0. The van der Waals surface area contributed by atoms with Crippen molar-refractivity contribution in [2.75, 3.05) is 19.8 Å². The first-order chi connectivity index (χ1) is 3.77. The number of halogens is 1.